The zero-order valence-electron chi connectivity index (χ0n) is 19.5. The van der Waals surface area contributed by atoms with E-state index >= 15 is 0 Å². The number of likely N-dealkylation sites (tertiary alicyclic amines) is 1. The first-order valence-corrected chi connectivity index (χ1v) is 13.2. The molecule has 2 saturated heterocycles. The lowest BCUT2D eigenvalue weighted by Crippen LogP contribution is -2.37. The molecule has 9 nitrogen and oxygen atoms in total. The first kappa shape index (κ1) is 24.4. The first-order chi connectivity index (χ1) is 16.4. The third kappa shape index (κ3) is 5.34. The van der Waals surface area contributed by atoms with Gasteiger partial charge in [0.15, 0.2) is 0 Å². The number of methoxy groups -OCH3 is 1. The minimum Gasteiger partial charge on any atom is -0.497 e. The number of nitro benzene ring substituents is 1. The van der Waals surface area contributed by atoms with Crippen molar-refractivity contribution in [2.45, 2.75) is 43.0 Å². The van der Waals surface area contributed by atoms with Crippen molar-refractivity contribution in [3.63, 3.8) is 0 Å². The van der Waals surface area contributed by atoms with Crippen LogP contribution in [0, 0.1) is 10.1 Å². The van der Waals surface area contributed by atoms with Crippen LogP contribution in [0.3, 0.4) is 0 Å². The second-order valence-corrected chi connectivity index (χ2v) is 10.7. The van der Waals surface area contributed by atoms with Gasteiger partial charge in [0.2, 0.25) is 10.0 Å². The van der Waals surface area contributed by atoms with Gasteiger partial charge in [0, 0.05) is 31.8 Å². The molecule has 2 aromatic carbocycles. The molecule has 2 heterocycles. The summed E-state index contributed by atoms with van der Waals surface area (Å²) in [6.45, 7) is 3.29. The summed E-state index contributed by atoms with van der Waals surface area (Å²) in [6.07, 6.45) is 5.05. The van der Waals surface area contributed by atoms with Gasteiger partial charge in [-0.1, -0.05) is 18.6 Å². The van der Waals surface area contributed by atoms with Crippen molar-refractivity contribution in [3.05, 3.63) is 58.1 Å². The van der Waals surface area contributed by atoms with E-state index in [1.54, 1.807) is 7.11 Å². The van der Waals surface area contributed by atoms with Crippen LogP contribution in [0.1, 0.15) is 43.7 Å². The van der Waals surface area contributed by atoms with E-state index in [-0.39, 0.29) is 16.6 Å². The van der Waals surface area contributed by atoms with Crippen molar-refractivity contribution < 1.29 is 18.1 Å². The summed E-state index contributed by atoms with van der Waals surface area (Å²) in [6, 6.07) is 12.0. The molecule has 0 radical (unpaired) electrons. The van der Waals surface area contributed by atoms with E-state index in [2.05, 4.69) is 10.2 Å². The summed E-state index contributed by atoms with van der Waals surface area (Å²) in [5, 5.41) is 14.7. The highest BCUT2D eigenvalue weighted by atomic mass is 32.2. The van der Waals surface area contributed by atoms with Gasteiger partial charge < -0.3 is 10.1 Å². The zero-order valence-corrected chi connectivity index (χ0v) is 20.3. The third-order valence-electron chi connectivity index (χ3n) is 6.68. The van der Waals surface area contributed by atoms with Crippen LogP contribution in [0.25, 0.3) is 0 Å². The molecule has 10 heteroatoms. The molecule has 0 unspecified atom stereocenters. The maximum Gasteiger partial charge on any atom is 0.270 e. The first-order valence-electron chi connectivity index (χ1n) is 11.8. The molecule has 2 fully saturated rings. The van der Waals surface area contributed by atoms with Crippen LogP contribution >= 0.6 is 0 Å². The van der Waals surface area contributed by atoms with Crippen LogP contribution in [0.2, 0.25) is 0 Å². The molecular weight excluding hydrogens is 456 g/mol. The molecule has 1 N–H and O–H groups in total. The second-order valence-electron chi connectivity index (χ2n) is 8.82. The van der Waals surface area contributed by atoms with Gasteiger partial charge in [0.25, 0.3) is 5.69 Å². The number of nitrogens with zero attached hydrogens (tertiary/aromatic N) is 3. The number of anilines is 1. The van der Waals surface area contributed by atoms with Crippen molar-refractivity contribution in [1.29, 1.82) is 0 Å². The minimum absolute atomic E-state index is 0.0312. The predicted octanol–water partition coefficient (Wildman–Crippen LogP) is 4.03. The van der Waals surface area contributed by atoms with Gasteiger partial charge in [-0.05, 0) is 62.5 Å². The smallest absolute Gasteiger partial charge is 0.270 e. The lowest BCUT2D eigenvalue weighted by molar-refractivity contribution is -0.385. The van der Waals surface area contributed by atoms with E-state index in [1.807, 2.05) is 24.3 Å². The van der Waals surface area contributed by atoms with Crippen LogP contribution in [-0.4, -0.2) is 62.4 Å². The highest BCUT2D eigenvalue weighted by Gasteiger charge is 2.31. The summed E-state index contributed by atoms with van der Waals surface area (Å²) in [5.41, 5.74) is 1.28. The molecule has 0 saturated carbocycles. The monoisotopic (exact) mass is 488 g/mol. The number of sulfonamides is 1. The maximum atomic E-state index is 13.4. The molecule has 2 aromatic rings. The lowest BCUT2D eigenvalue weighted by Gasteiger charge is -2.35. The molecule has 0 spiro atoms. The van der Waals surface area contributed by atoms with Crippen LogP contribution in [-0.2, 0) is 10.0 Å². The molecule has 0 aromatic heterocycles. The summed E-state index contributed by atoms with van der Waals surface area (Å²) >= 11 is 0. The molecule has 2 aliphatic rings. The normalized spacial score (nSPS) is 18.5. The Balaban J connectivity index is 1.64. The standard InChI is InChI=1S/C24H32N4O5S/c1-33-21-10-7-19(8-11-21)23(26-13-3-2-4-14-26)18-25-22-12-9-20(28(29)30)17-24(22)34(31,32)27-15-5-6-16-27/h7-12,17,23,25H,2-6,13-16,18H2,1H3/t23-/m0/s1. The Hall–Kier alpha value is -2.69. The van der Waals surface area contributed by atoms with Gasteiger partial charge in [-0.2, -0.15) is 4.31 Å². The van der Waals surface area contributed by atoms with Gasteiger partial charge in [-0.3, -0.25) is 15.0 Å². The quantitative estimate of drug-likeness (QED) is 0.420. The molecule has 0 aliphatic carbocycles. The van der Waals surface area contributed by atoms with Gasteiger partial charge in [-0.25, -0.2) is 8.42 Å². The average molecular weight is 489 g/mol. The number of rotatable bonds is 9. The van der Waals surface area contributed by atoms with E-state index in [1.165, 1.54) is 28.9 Å². The van der Waals surface area contributed by atoms with Gasteiger partial charge >= 0.3 is 0 Å². The van der Waals surface area contributed by atoms with Crippen LogP contribution in [0.5, 0.6) is 5.75 Å². The number of benzene rings is 2. The number of piperidine rings is 1. The Labute approximate surface area is 200 Å². The van der Waals surface area contributed by atoms with Gasteiger partial charge in [-0.15, -0.1) is 0 Å². The summed E-state index contributed by atoms with van der Waals surface area (Å²) in [7, 11) is -2.20. The fourth-order valence-corrected chi connectivity index (χ4v) is 6.48. The van der Waals surface area contributed by atoms with Crippen molar-refractivity contribution in [2.75, 3.05) is 45.2 Å². The van der Waals surface area contributed by atoms with E-state index in [9.17, 15) is 18.5 Å². The topological polar surface area (TPSA) is 105 Å². The van der Waals surface area contributed by atoms with E-state index < -0.39 is 14.9 Å². The summed E-state index contributed by atoms with van der Waals surface area (Å²) < 4.78 is 33.4. The van der Waals surface area contributed by atoms with Crippen molar-refractivity contribution in [3.8, 4) is 5.75 Å². The number of nitrogens with one attached hydrogen (secondary N) is 1. The Morgan fingerprint density at radius 3 is 2.26 bits per heavy atom. The van der Waals surface area contributed by atoms with Crippen LogP contribution in [0.4, 0.5) is 11.4 Å². The van der Waals surface area contributed by atoms with E-state index in [4.69, 9.17) is 4.74 Å². The Morgan fingerprint density at radius 2 is 1.65 bits per heavy atom. The fraction of sp³-hybridized carbons (Fsp3) is 0.500. The van der Waals surface area contributed by atoms with Crippen LogP contribution < -0.4 is 10.1 Å². The molecular formula is C24H32N4O5S. The molecule has 34 heavy (non-hydrogen) atoms. The maximum absolute atomic E-state index is 13.4. The van der Waals surface area contributed by atoms with E-state index in [0.29, 0.717) is 25.3 Å². The molecule has 184 valence electrons. The Bertz CT molecular complexity index is 1090. The zero-order chi connectivity index (χ0) is 24.1. The Kier molecular flexibility index (Phi) is 7.70. The number of nitro groups is 1. The molecule has 2 aliphatic heterocycles. The second kappa shape index (κ2) is 10.7. The molecule has 4 rings (SSSR count). The molecule has 0 amide bonds. The summed E-state index contributed by atoms with van der Waals surface area (Å²) in [4.78, 5) is 13.2. The van der Waals surface area contributed by atoms with Gasteiger partial charge in [0.1, 0.15) is 10.6 Å². The van der Waals surface area contributed by atoms with Crippen molar-refractivity contribution in [1.82, 2.24) is 9.21 Å². The van der Waals surface area contributed by atoms with E-state index in [0.717, 1.165) is 50.1 Å². The number of hydrogen-bond acceptors (Lipinski definition) is 7. The van der Waals surface area contributed by atoms with Crippen molar-refractivity contribution in [2.24, 2.45) is 0 Å². The fourth-order valence-electron chi connectivity index (χ4n) is 4.77. The molecule has 0 bridgehead atoms. The van der Waals surface area contributed by atoms with Gasteiger partial charge in [0.05, 0.1) is 23.8 Å². The number of ether oxygens (including phenoxy) is 1. The average Bonchev–Trinajstić information content (AvgIpc) is 3.41. The Morgan fingerprint density at radius 1 is 1.00 bits per heavy atom. The highest BCUT2D eigenvalue weighted by Crippen LogP contribution is 2.32. The summed E-state index contributed by atoms with van der Waals surface area (Å²) in [5.74, 6) is 0.781. The lowest BCUT2D eigenvalue weighted by atomic mass is 10.0. The third-order valence-corrected chi connectivity index (χ3v) is 8.62. The minimum atomic E-state index is -3.84. The number of hydrogen-bond donors (Lipinski definition) is 1. The predicted molar refractivity (Wildman–Crippen MR) is 131 cm³/mol. The molecule has 1 atom stereocenters. The van der Waals surface area contributed by atoms with Crippen LogP contribution in [0.15, 0.2) is 47.4 Å². The SMILES string of the molecule is COc1ccc([C@H](CNc2ccc([N+](=O)[O-])cc2S(=O)(=O)N2CCCC2)N2CCCCC2)cc1. The highest BCUT2D eigenvalue weighted by molar-refractivity contribution is 7.89. The number of non-ortho nitro benzene ring substituents is 1. The largest absolute Gasteiger partial charge is 0.497 e. The van der Waals surface area contributed by atoms with Crippen molar-refractivity contribution >= 4 is 21.4 Å².